The molecule has 2 heterocycles. The van der Waals surface area contributed by atoms with Crippen molar-refractivity contribution in [3.05, 3.63) is 64.1 Å². The number of rotatable bonds is 4. The highest BCUT2D eigenvalue weighted by Crippen LogP contribution is 2.26. The van der Waals surface area contributed by atoms with E-state index in [9.17, 15) is 12.8 Å². The van der Waals surface area contributed by atoms with Gasteiger partial charge in [-0.2, -0.15) is 0 Å². The van der Waals surface area contributed by atoms with Gasteiger partial charge in [-0.15, -0.1) is 5.10 Å². The maximum Gasteiger partial charge on any atom is 0.263 e. The van der Waals surface area contributed by atoms with E-state index in [-0.39, 0.29) is 10.7 Å². The summed E-state index contributed by atoms with van der Waals surface area (Å²) in [6.07, 6.45) is 2.61. The third-order valence-electron chi connectivity index (χ3n) is 3.47. The first-order valence-corrected chi connectivity index (χ1v) is 9.51. The predicted octanol–water partition coefficient (Wildman–Crippen LogP) is 3.59. The second kappa shape index (κ2) is 6.57. The van der Waals surface area contributed by atoms with Gasteiger partial charge in [0, 0.05) is 16.7 Å². The summed E-state index contributed by atoms with van der Waals surface area (Å²) >= 11 is 3.35. The third kappa shape index (κ3) is 3.72. The van der Waals surface area contributed by atoms with Crippen LogP contribution in [-0.4, -0.2) is 23.2 Å². The Morgan fingerprint density at radius 3 is 2.44 bits per heavy atom. The van der Waals surface area contributed by atoms with Crippen LogP contribution >= 0.6 is 15.9 Å². The van der Waals surface area contributed by atoms with Gasteiger partial charge in [0.25, 0.3) is 10.0 Å². The number of nitrogens with zero attached hydrogens (tertiary/aromatic N) is 3. The van der Waals surface area contributed by atoms with E-state index in [0.29, 0.717) is 16.9 Å². The largest absolute Gasteiger partial charge is 0.263 e. The summed E-state index contributed by atoms with van der Waals surface area (Å²) in [5.74, 6) is 0.0636. The van der Waals surface area contributed by atoms with Gasteiger partial charge in [0.1, 0.15) is 5.82 Å². The number of halogens is 2. The minimum absolute atomic E-state index is 0.146. The lowest BCUT2D eigenvalue weighted by Gasteiger charge is -2.12. The molecule has 0 bridgehead atoms. The van der Waals surface area contributed by atoms with Gasteiger partial charge < -0.3 is 0 Å². The Bertz CT molecular complexity index is 1010. The fraction of sp³-hybridized carbons (Fsp3) is 0.125. The van der Waals surface area contributed by atoms with Crippen molar-refractivity contribution in [1.82, 2.24) is 14.8 Å². The van der Waals surface area contributed by atoms with Crippen molar-refractivity contribution in [1.29, 1.82) is 0 Å². The van der Waals surface area contributed by atoms with Gasteiger partial charge in [-0.1, -0.05) is 15.9 Å². The zero-order valence-corrected chi connectivity index (χ0v) is 15.8. The highest BCUT2D eigenvalue weighted by molar-refractivity contribution is 9.10. The summed E-state index contributed by atoms with van der Waals surface area (Å²) in [4.78, 5) is 4.11. The summed E-state index contributed by atoms with van der Waals surface area (Å²) in [6, 6.07) is 7.68. The number of hydrogen-bond donors (Lipinski definition) is 1. The molecule has 9 heteroatoms. The van der Waals surface area contributed by atoms with Gasteiger partial charge in [0.05, 0.1) is 11.1 Å². The zero-order chi connectivity index (χ0) is 18.2. The molecule has 0 radical (unpaired) electrons. The summed E-state index contributed by atoms with van der Waals surface area (Å²) < 4.78 is 43.0. The zero-order valence-electron chi connectivity index (χ0n) is 13.4. The Kier molecular flexibility index (Phi) is 4.61. The van der Waals surface area contributed by atoms with Crippen LogP contribution in [0.4, 0.5) is 10.2 Å². The molecule has 0 aliphatic heterocycles. The van der Waals surface area contributed by atoms with Crippen LogP contribution in [-0.2, 0) is 10.0 Å². The van der Waals surface area contributed by atoms with Gasteiger partial charge in [-0.3, -0.25) is 4.72 Å². The van der Waals surface area contributed by atoms with Crippen LogP contribution in [0.3, 0.4) is 0 Å². The summed E-state index contributed by atoms with van der Waals surface area (Å²) in [5, 5.41) is 4.13. The molecule has 1 aromatic carbocycles. The normalized spacial score (nSPS) is 11.5. The molecule has 130 valence electrons. The Labute approximate surface area is 152 Å². The van der Waals surface area contributed by atoms with Crippen molar-refractivity contribution in [3.63, 3.8) is 0 Å². The third-order valence-corrected chi connectivity index (χ3v) is 5.59. The molecule has 0 amide bonds. The van der Waals surface area contributed by atoms with E-state index in [2.05, 4.69) is 30.7 Å². The van der Waals surface area contributed by atoms with Gasteiger partial charge in [-0.05, 0) is 49.2 Å². The highest BCUT2D eigenvalue weighted by Gasteiger charge is 2.21. The Hall–Kier alpha value is -2.26. The number of anilines is 1. The highest BCUT2D eigenvalue weighted by atomic mass is 79.9. The molecular weight excluding hydrogens is 411 g/mol. The molecule has 0 aliphatic rings. The molecular formula is C16H14BrFN4O2S. The molecule has 0 unspecified atom stereocenters. The van der Waals surface area contributed by atoms with E-state index in [1.807, 2.05) is 0 Å². The number of hydrogen-bond acceptors (Lipinski definition) is 4. The van der Waals surface area contributed by atoms with Gasteiger partial charge in [-0.25, -0.2) is 22.5 Å². The first kappa shape index (κ1) is 17.6. The van der Waals surface area contributed by atoms with Crippen molar-refractivity contribution >= 4 is 31.8 Å². The average molecular weight is 425 g/mol. The van der Waals surface area contributed by atoms with Crippen LogP contribution in [0.15, 0.2) is 52.1 Å². The smallest absolute Gasteiger partial charge is 0.262 e. The first-order valence-electron chi connectivity index (χ1n) is 7.23. The number of aryl methyl sites for hydroxylation is 2. The number of benzene rings is 1. The Morgan fingerprint density at radius 1 is 1.16 bits per heavy atom. The van der Waals surface area contributed by atoms with Crippen LogP contribution in [0.2, 0.25) is 0 Å². The number of sulfonamides is 1. The predicted molar refractivity (Wildman–Crippen MR) is 95.7 cm³/mol. The van der Waals surface area contributed by atoms with Crippen molar-refractivity contribution in [2.45, 2.75) is 18.7 Å². The molecule has 25 heavy (non-hydrogen) atoms. The topological polar surface area (TPSA) is 76.9 Å². The van der Waals surface area contributed by atoms with Crippen LogP contribution < -0.4 is 4.72 Å². The summed E-state index contributed by atoms with van der Waals surface area (Å²) in [6.45, 7) is 3.46. The number of nitrogens with one attached hydrogen (secondary N) is 1. The van der Waals surface area contributed by atoms with Crippen molar-refractivity contribution in [3.8, 4) is 5.82 Å². The molecule has 1 N–H and O–H groups in total. The molecule has 3 rings (SSSR count). The van der Waals surface area contributed by atoms with Gasteiger partial charge in [0.2, 0.25) is 0 Å². The standard InChI is InChI=1S/C16H14BrFN4O2S/c1-10-7-12(17)8-11(2)16(10)25(23,24)21-14-5-6-22(20-14)15-4-3-13(18)9-19-15/h3-9H,1-2H3,(H,20,21). The molecule has 0 saturated carbocycles. The van der Waals surface area contributed by atoms with E-state index in [1.165, 1.54) is 22.9 Å². The van der Waals surface area contributed by atoms with E-state index < -0.39 is 15.8 Å². The van der Waals surface area contributed by atoms with Gasteiger partial charge >= 0.3 is 0 Å². The van der Waals surface area contributed by atoms with Crippen LogP contribution in [0.25, 0.3) is 5.82 Å². The first-order chi connectivity index (χ1) is 11.8. The lowest BCUT2D eigenvalue weighted by molar-refractivity contribution is 0.599. The lowest BCUT2D eigenvalue weighted by atomic mass is 10.2. The van der Waals surface area contributed by atoms with Crippen molar-refractivity contribution < 1.29 is 12.8 Å². The fourth-order valence-electron chi connectivity index (χ4n) is 2.52. The van der Waals surface area contributed by atoms with Crippen molar-refractivity contribution in [2.75, 3.05) is 4.72 Å². The fourth-order valence-corrected chi connectivity index (χ4v) is 4.66. The maximum absolute atomic E-state index is 12.9. The van der Waals surface area contributed by atoms with E-state index in [0.717, 1.165) is 10.7 Å². The second-order valence-corrected chi connectivity index (χ2v) is 7.99. The SMILES string of the molecule is Cc1cc(Br)cc(C)c1S(=O)(=O)Nc1ccn(-c2ccc(F)cn2)n1. The monoisotopic (exact) mass is 424 g/mol. The van der Waals surface area contributed by atoms with Crippen LogP contribution in [0.1, 0.15) is 11.1 Å². The van der Waals surface area contributed by atoms with E-state index in [1.54, 1.807) is 32.2 Å². The second-order valence-electron chi connectivity index (χ2n) is 5.45. The Balaban J connectivity index is 1.91. The van der Waals surface area contributed by atoms with E-state index >= 15 is 0 Å². The minimum atomic E-state index is -3.79. The average Bonchev–Trinajstić information content (AvgIpc) is 2.94. The van der Waals surface area contributed by atoms with Crippen LogP contribution in [0, 0.1) is 19.7 Å². The summed E-state index contributed by atoms with van der Waals surface area (Å²) in [5.41, 5.74) is 1.25. The number of aromatic nitrogens is 3. The molecule has 3 aromatic rings. The molecule has 0 aliphatic carbocycles. The van der Waals surface area contributed by atoms with Crippen LogP contribution in [0.5, 0.6) is 0 Å². The Morgan fingerprint density at radius 2 is 1.84 bits per heavy atom. The molecule has 2 aromatic heterocycles. The molecule has 0 atom stereocenters. The molecule has 0 fully saturated rings. The minimum Gasteiger partial charge on any atom is -0.262 e. The lowest BCUT2D eigenvalue weighted by Crippen LogP contribution is -2.16. The maximum atomic E-state index is 12.9. The molecule has 0 spiro atoms. The van der Waals surface area contributed by atoms with Crippen molar-refractivity contribution in [2.24, 2.45) is 0 Å². The quantitative estimate of drug-likeness (QED) is 0.693. The summed E-state index contributed by atoms with van der Waals surface area (Å²) in [7, 11) is -3.79. The molecule has 0 saturated heterocycles. The molecule has 6 nitrogen and oxygen atoms in total. The van der Waals surface area contributed by atoms with Gasteiger partial charge in [0.15, 0.2) is 11.6 Å². The van der Waals surface area contributed by atoms with E-state index in [4.69, 9.17) is 0 Å². The number of pyridine rings is 1.